The average molecular weight is 1390 g/mol. The Kier molecular flexibility index (Phi) is 22.8. The van der Waals surface area contributed by atoms with E-state index in [0.29, 0.717) is 29.1 Å². The van der Waals surface area contributed by atoms with E-state index in [9.17, 15) is 46.8 Å². The number of Topliss-reactive ketones (excluding diaryl/α,β-unsaturated/α-hetero) is 1. The zero-order valence-electron chi connectivity index (χ0n) is 47.1. The van der Waals surface area contributed by atoms with Gasteiger partial charge in [0.2, 0.25) is 6.10 Å². The van der Waals surface area contributed by atoms with E-state index < -0.39 is 79.8 Å². The molecule has 0 saturated heterocycles. The minimum Gasteiger partial charge on any atom is -0.466 e. The number of allylic oxidation sites excluding steroid dienone is 6. The van der Waals surface area contributed by atoms with Crippen LogP contribution in [-0.2, 0) is 60.9 Å². The summed E-state index contributed by atoms with van der Waals surface area (Å²) >= 11 is 14.2. The number of hydrogen-bond donors (Lipinski definition) is 0. The number of halogens is 8. The van der Waals surface area contributed by atoms with Crippen LogP contribution >= 0.6 is 63.7 Å². The van der Waals surface area contributed by atoms with Crippen LogP contribution in [0.3, 0.4) is 0 Å². The number of ketones is 1. The molecule has 20 heteroatoms. The highest BCUT2D eigenvalue weighted by atomic mass is 80.0. The molecule has 0 spiro atoms. The molecule has 0 amide bonds. The van der Waals surface area contributed by atoms with Crippen LogP contribution < -0.4 is 4.74 Å². The van der Waals surface area contributed by atoms with E-state index in [4.69, 9.17) is 23.7 Å². The zero-order valence-corrected chi connectivity index (χ0v) is 53.4. The van der Waals surface area contributed by atoms with Crippen molar-refractivity contribution in [3.05, 3.63) is 142 Å². The molecule has 0 heterocycles. The number of nitrogens with zero attached hydrogens (tertiary/aromatic N) is 1. The number of carbonyl (C=O) groups is 5. The fraction of sp³-hybridized carbons (Fsp3) is 0.475. The molecule has 4 aliphatic carbocycles. The van der Waals surface area contributed by atoms with Gasteiger partial charge in [0.25, 0.3) is 0 Å². The van der Waals surface area contributed by atoms with E-state index in [2.05, 4.69) is 74.5 Å². The minimum absolute atomic E-state index is 0.0233. The van der Waals surface area contributed by atoms with Crippen molar-refractivity contribution >= 4 is 93.4 Å². The third kappa shape index (κ3) is 15.6. The predicted octanol–water partition coefficient (Wildman–Crippen LogP) is 15.3. The van der Waals surface area contributed by atoms with Gasteiger partial charge >= 0.3 is 23.9 Å². The van der Waals surface area contributed by atoms with E-state index in [1.54, 1.807) is 43.3 Å². The molecule has 9 atom stereocenters. The molecule has 0 bridgehead atoms. The van der Waals surface area contributed by atoms with Crippen LogP contribution in [0.15, 0.2) is 102 Å². The van der Waals surface area contributed by atoms with Gasteiger partial charge in [-0.1, -0.05) is 166 Å². The molecule has 12 nitrogen and oxygen atoms in total. The summed E-state index contributed by atoms with van der Waals surface area (Å²) in [5.74, 6) is -7.90. The molecule has 3 saturated carbocycles. The largest absolute Gasteiger partial charge is 0.466 e. The van der Waals surface area contributed by atoms with E-state index in [1.165, 1.54) is 7.11 Å². The van der Waals surface area contributed by atoms with Crippen molar-refractivity contribution in [2.24, 2.45) is 51.8 Å². The fourth-order valence-corrected chi connectivity index (χ4v) is 12.1. The number of carbonyl (C=O) groups excluding carboxylic acids is 5. The monoisotopic (exact) mass is 1380 g/mol. The maximum absolute atomic E-state index is 14.0. The number of nitriles is 1. The summed E-state index contributed by atoms with van der Waals surface area (Å²) in [6.45, 7) is 17.5. The lowest BCUT2D eigenvalue weighted by molar-refractivity contribution is -0.151. The summed E-state index contributed by atoms with van der Waals surface area (Å²) in [6.07, 6.45) is 8.60. The van der Waals surface area contributed by atoms with Gasteiger partial charge in [0.1, 0.15) is 32.4 Å². The normalized spacial score (nSPS) is 23.7. The number of methoxy groups -OCH3 is 2. The Morgan fingerprint density at radius 3 is 1.89 bits per heavy atom. The van der Waals surface area contributed by atoms with Crippen molar-refractivity contribution in [3.8, 4) is 17.6 Å². The quantitative estimate of drug-likeness (QED) is 0.0225. The highest BCUT2D eigenvalue weighted by Crippen LogP contribution is 2.66. The highest BCUT2D eigenvalue weighted by Gasteiger charge is 2.68. The van der Waals surface area contributed by atoms with Crippen LogP contribution in [0.1, 0.15) is 105 Å². The number of benzene rings is 3. The molecule has 4 aliphatic rings. The molecule has 0 N–H and O–H groups in total. The highest BCUT2D eigenvalue weighted by molar-refractivity contribution is 9.40. The molecule has 0 radical (unpaired) electrons. The van der Waals surface area contributed by atoms with Gasteiger partial charge in [-0.15, -0.1) is 0 Å². The molecule has 0 aliphatic heterocycles. The van der Waals surface area contributed by atoms with Gasteiger partial charge < -0.3 is 28.4 Å². The van der Waals surface area contributed by atoms with Gasteiger partial charge in [0, 0.05) is 23.8 Å². The van der Waals surface area contributed by atoms with Gasteiger partial charge in [-0.3, -0.25) is 19.2 Å². The SMILES string of the molecule is C/C=C/CC1=C(C)[C@@H](OC(=O)[C@@H]2[C@@H](/C=C(\C)C(=O)OC)C2(C)C)CC1=O.CC1(C)[C@H](C(=O)O[C@H](C#N)c2cccc(Oc3ccccc3)c2)[C@@H]1C(Br)C(Br)(Br)Br.CC=CC1C(C(=O)OCc2c(F)c(F)c(COC)c(F)c2F)C1(C)C. The standard InChI is InChI=1S/C22H19Br4NO3.C21H28O5.C18H20F4O3/c1-21(2)17(19(23)22(24,25)26)18(21)20(28)30-16(12-27)13-7-6-10-15(11-13)29-14-8-4-3-5-9-14;1-7-8-9-14-13(3)17(11-16(14)22)26-20(24)18-15(21(18,4)5)10-12(2)19(23)25-6;1-5-6-11-12(18(11,2)3)17(23)25-8-10-15(21)13(19)9(7-24-4)14(20)16(10)22/h3-11,16-19H,1-2H3;7-8,10,15,17-18H,9,11H2,1-6H3;5-6,11-12H,7-8H2,1-4H3/b;8-7+,12-10+;/t16-,17-,18+,19?;15-,17+,18+;/m11./s1. The lowest BCUT2D eigenvalue weighted by atomic mass is 10.1. The molecule has 3 aromatic rings. The Labute approximate surface area is 504 Å². The number of para-hydroxylation sites is 1. The molecular weight excluding hydrogens is 1320 g/mol. The molecule has 3 fully saturated rings. The van der Waals surface area contributed by atoms with E-state index in [-0.39, 0.29) is 74.8 Å². The van der Waals surface area contributed by atoms with Gasteiger partial charge in [0.05, 0.1) is 53.8 Å². The Hall–Kier alpha value is -4.94. The van der Waals surface area contributed by atoms with Crippen molar-refractivity contribution in [3.63, 3.8) is 0 Å². The molecule has 7 rings (SSSR count). The number of ether oxygens (including phenoxy) is 6. The average Bonchev–Trinajstić information content (AvgIpc) is 4.47. The second-order valence-electron chi connectivity index (χ2n) is 22.0. The minimum atomic E-state index is -1.58. The molecule has 81 heavy (non-hydrogen) atoms. The van der Waals surface area contributed by atoms with Gasteiger partial charge in [0.15, 0.2) is 29.1 Å². The lowest BCUT2D eigenvalue weighted by Gasteiger charge is -2.21. The van der Waals surface area contributed by atoms with Crippen molar-refractivity contribution in [1.82, 2.24) is 0 Å². The van der Waals surface area contributed by atoms with Crippen LogP contribution in [0.4, 0.5) is 17.6 Å². The van der Waals surface area contributed by atoms with E-state index in [0.717, 1.165) is 18.3 Å². The Balaban J connectivity index is 0.000000224. The van der Waals surface area contributed by atoms with Gasteiger partial charge in [-0.05, 0) is 98.0 Å². The van der Waals surface area contributed by atoms with E-state index in [1.807, 2.05) is 111 Å². The third-order valence-corrected chi connectivity index (χ3v) is 20.1. The van der Waals surface area contributed by atoms with E-state index >= 15 is 0 Å². The summed E-state index contributed by atoms with van der Waals surface area (Å²) in [5, 5.41) is 9.65. The Morgan fingerprint density at radius 2 is 1.35 bits per heavy atom. The van der Waals surface area contributed by atoms with Crippen molar-refractivity contribution < 1.29 is 70.0 Å². The van der Waals surface area contributed by atoms with Crippen LogP contribution in [0.25, 0.3) is 0 Å². The fourth-order valence-electron chi connectivity index (χ4n) is 10.3. The first-order valence-corrected chi connectivity index (χ1v) is 29.2. The summed E-state index contributed by atoms with van der Waals surface area (Å²) in [6, 6.07) is 18.5. The van der Waals surface area contributed by atoms with Crippen molar-refractivity contribution in [2.75, 3.05) is 14.2 Å². The zero-order chi connectivity index (χ0) is 60.7. The van der Waals surface area contributed by atoms with Gasteiger partial charge in [-0.2, -0.15) is 5.26 Å². The predicted molar refractivity (Wildman–Crippen MR) is 311 cm³/mol. The third-order valence-electron chi connectivity index (χ3n) is 15.5. The van der Waals surface area contributed by atoms with Crippen molar-refractivity contribution in [2.45, 2.75) is 114 Å². The lowest BCUT2D eigenvalue weighted by Crippen LogP contribution is -2.23. The second kappa shape index (κ2) is 27.6. The topological polar surface area (TPSA) is 165 Å². The number of esters is 4. The van der Waals surface area contributed by atoms with Crippen molar-refractivity contribution in [1.29, 1.82) is 5.26 Å². The molecule has 3 aromatic carbocycles. The van der Waals surface area contributed by atoms with Crippen LogP contribution in [0.2, 0.25) is 0 Å². The van der Waals surface area contributed by atoms with Crippen LogP contribution in [-0.4, -0.2) is 57.0 Å². The molecular formula is C61H67Br4F4NO11. The summed E-state index contributed by atoms with van der Waals surface area (Å²) in [4.78, 5) is 61.4. The summed E-state index contributed by atoms with van der Waals surface area (Å²) < 4.78 is 86.5. The smallest absolute Gasteiger partial charge is 0.333 e. The first-order chi connectivity index (χ1) is 37.9. The Bertz CT molecular complexity index is 2990. The number of hydrogen-bond acceptors (Lipinski definition) is 12. The molecule has 3 unspecified atom stereocenters. The first-order valence-electron chi connectivity index (χ1n) is 26.0. The van der Waals surface area contributed by atoms with Crippen LogP contribution in [0, 0.1) is 86.4 Å². The maximum Gasteiger partial charge on any atom is 0.333 e. The second-order valence-corrected chi connectivity index (χ2v) is 29.9. The molecule has 438 valence electrons. The molecule has 0 aromatic heterocycles. The summed E-state index contributed by atoms with van der Waals surface area (Å²) in [5.41, 5.74) is -0.0219. The first kappa shape index (κ1) is 66.9. The van der Waals surface area contributed by atoms with Crippen LogP contribution in [0.5, 0.6) is 11.5 Å². The number of rotatable bonds is 18. The maximum atomic E-state index is 14.0. The van der Waals surface area contributed by atoms with Gasteiger partial charge in [-0.25, -0.2) is 22.4 Å². The Morgan fingerprint density at radius 1 is 0.778 bits per heavy atom. The number of alkyl halides is 4. The summed E-state index contributed by atoms with van der Waals surface area (Å²) in [7, 11) is 2.48.